The lowest BCUT2D eigenvalue weighted by Crippen LogP contribution is -2.68. The summed E-state index contributed by atoms with van der Waals surface area (Å²) in [7, 11) is 0. The maximum atomic E-state index is 12.5. The van der Waals surface area contributed by atoms with Crippen molar-refractivity contribution in [2.24, 2.45) is 50.2 Å². The van der Waals surface area contributed by atoms with Gasteiger partial charge in [-0.2, -0.15) is 0 Å². The van der Waals surface area contributed by atoms with Crippen molar-refractivity contribution in [3.05, 3.63) is 11.6 Å². The Morgan fingerprint density at radius 3 is 1.94 bits per heavy atom. The number of hydrogen-bond acceptors (Lipinski definition) is 17. The first-order valence-electron chi connectivity index (χ1n) is 24.3. The Bertz CT molecular complexity index is 1820. The zero-order chi connectivity index (χ0) is 48.4. The van der Waals surface area contributed by atoms with Gasteiger partial charge in [0.05, 0.1) is 31.5 Å². The van der Waals surface area contributed by atoms with E-state index in [2.05, 4.69) is 47.6 Å². The normalized spacial score (nSPS) is 55.9. The second-order valence-electron chi connectivity index (χ2n) is 23.6. The molecule has 66 heavy (non-hydrogen) atoms. The summed E-state index contributed by atoms with van der Waals surface area (Å²) >= 11 is 0. The number of carboxylic acid groups (broad SMARTS) is 1. The van der Waals surface area contributed by atoms with Crippen molar-refractivity contribution in [3.63, 3.8) is 0 Å². The monoisotopic (exact) mass is 943 g/mol. The Kier molecular flexibility index (Phi) is 13.7. The summed E-state index contributed by atoms with van der Waals surface area (Å²) in [4.78, 5) is 12.5. The van der Waals surface area contributed by atoms with Gasteiger partial charge in [0.1, 0.15) is 61.0 Å². The smallest absolute Gasteiger partial charge is 0.335 e. The molecule has 3 saturated heterocycles. The quantitative estimate of drug-likeness (QED) is 0.112. The van der Waals surface area contributed by atoms with E-state index in [-0.39, 0.29) is 57.5 Å². The molecule has 4 saturated carbocycles. The van der Waals surface area contributed by atoms with E-state index in [0.29, 0.717) is 12.8 Å². The van der Waals surface area contributed by atoms with Crippen LogP contribution in [0.15, 0.2) is 11.6 Å². The Hall–Kier alpha value is -1.43. The highest BCUT2D eigenvalue weighted by Gasteiger charge is 2.70. The van der Waals surface area contributed by atoms with Gasteiger partial charge in [0.15, 0.2) is 25.0 Å². The molecule has 3 aliphatic heterocycles. The number of allylic oxidation sites excluding steroid dienone is 2. The molecule has 5 aliphatic carbocycles. The van der Waals surface area contributed by atoms with Crippen LogP contribution in [0.4, 0.5) is 0 Å². The van der Waals surface area contributed by atoms with E-state index < -0.39 is 116 Å². The molecule has 0 spiro atoms. The fourth-order valence-corrected chi connectivity index (χ4v) is 15.1. The molecule has 18 heteroatoms. The fraction of sp³-hybridized carbons (Fsp3) is 0.938. The predicted molar refractivity (Wildman–Crippen MR) is 231 cm³/mol. The molecular formula is C48H78O18. The predicted octanol–water partition coefficient (Wildman–Crippen LogP) is 0.705. The molecule has 0 bridgehead atoms. The lowest BCUT2D eigenvalue weighted by Gasteiger charge is -2.72. The van der Waals surface area contributed by atoms with E-state index in [1.54, 1.807) is 0 Å². The number of aliphatic hydroxyl groups is 10. The minimum absolute atomic E-state index is 0.0166. The van der Waals surface area contributed by atoms with Gasteiger partial charge in [-0.15, -0.1) is 0 Å². The highest BCUT2D eigenvalue weighted by molar-refractivity contribution is 5.73. The second kappa shape index (κ2) is 17.7. The lowest BCUT2D eigenvalue weighted by molar-refractivity contribution is -0.396. The number of rotatable bonds is 9. The highest BCUT2D eigenvalue weighted by atomic mass is 16.8. The van der Waals surface area contributed by atoms with E-state index in [1.165, 1.54) is 12.5 Å². The molecule has 378 valence electrons. The first-order chi connectivity index (χ1) is 30.7. The number of carbonyl (C=O) groups is 1. The van der Waals surface area contributed by atoms with Gasteiger partial charge in [0.2, 0.25) is 0 Å². The van der Waals surface area contributed by atoms with Crippen molar-refractivity contribution < 1.29 is 89.4 Å². The third-order valence-electron chi connectivity index (χ3n) is 19.5. The average Bonchev–Trinajstić information content (AvgIpc) is 3.25. The summed E-state index contributed by atoms with van der Waals surface area (Å²) in [5.74, 6) is -1.16. The number of carboxylic acids is 1. The molecule has 25 atom stereocenters. The molecule has 0 radical (unpaired) electrons. The summed E-state index contributed by atoms with van der Waals surface area (Å²) in [5, 5.41) is 120. The van der Waals surface area contributed by atoms with Crippen molar-refractivity contribution in [2.75, 3.05) is 13.2 Å². The van der Waals surface area contributed by atoms with Gasteiger partial charge in [0, 0.05) is 10.8 Å². The maximum Gasteiger partial charge on any atom is 0.335 e. The van der Waals surface area contributed by atoms with Gasteiger partial charge in [-0.3, -0.25) is 0 Å². The molecule has 0 aromatic rings. The van der Waals surface area contributed by atoms with Crippen LogP contribution in [0.25, 0.3) is 0 Å². The van der Waals surface area contributed by atoms with Gasteiger partial charge in [-0.25, -0.2) is 4.79 Å². The van der Waals surface area contributed by atoms with Crippen molar-refractivity contribution in [3.8, 4) is 0 Å². The molecule has 0 aromatic heterocycles. The highest BCUT2D eigenvalue weighted by Crippen LogP contribution is 2.76. The standard InChI is InChI=1S/C48H78O18/c1-21-29(52)31(54)35(58)40(61-21)65-37-32(55)30(53)24(19-49)62-41(37)66-38-34(57)33(56)36(39(59)60)64-42(38)63-28-12-13-45(5)25(46(28,6)20-50)11-14-48(8)26(45)10-9-22-23-17-43(2,3)18-27(51)44(23,4)15-16-47(22,48)7/h9,21,23-38,40-42,49-58H,10-20H2,1-8H3,(H,59,60)/t21-,23+,24+,25-,26-,27+,28-,29-,30-,31+,32-,33-,34-,35+,36-,37+,38+,40-,41-,42+,44+,45+,46+,47-,48+/m0/s1. The maximum absolute atomic E-state index is 12.5. The van der Waals surface area contributed by atoms with Crippen LogP contribution in [-0.2, 0) is 33.2 Å². The molecule has 11 N–H and O–H groups in total. The Labute approximate surface area is 387 Å². The van der Waals surface area contributed by atoms with E-state index in [0.717, 1.165) is 44.9 Å². The minimum Gasteiger partial charge on any atom is -0.479 e. The van der Waals surface area contributed by atoms with Crippen LogP contribution in [0.1, 0.15) is 113 Å². The third kappa shape index (κ3) is 7.78. The molecule has 8 aliphatic rings. The number of fused-ring (bicyclic) bond motifs is 7. The van der Waals surface area contributed by atoms with E-state index in [9.17, 15) is 61.0 Å². The van der Waals surface area contributed by atoms with Gasteiger partial charge in [0.25, 0.3) is 0 Å². The Morgan fingerprint density at radius 1 is 0.667 bits per heavy atom. The SMILES string of the molecule is C[C@@H]1O[C@@H](O[C@H]2[C@H](O[C@H]3[C@H](O[C@H]4CC[C@]5(C)[C@H](CC[C@]6(C)[C@H]5CC=C5[C@H]7CC(C)(C)C[C@@H](O)[C@]7(C)CC[C@@]56C)[C@@]4(C)CO)O[C@H](C(=O)O)[C@@H](O)[C@@H]3O)O[C@H](CO)[C@H](O)[C@@H]2O)[C@H](O)[C@H](O)[C@H]1O. The first-order valence-corrected chi connectivity index (χ1v) is 24.3. The zero-order valence-electron chi connectivity index (χ0n) is 39.7. The molecule has 3 heterocycles. The number of ether oxygens (including phenoxy) is 6. The molecule has 0 amide bonds. The van der Waals surface area contributed by atoms with Crippen LogP contribution in [-0.4, -0.2) is 180 Å². The van der Waals surface area contributed by atoms with Crippen molar-refractivity contribution in [1.82, 2.24) is 0 Å². The summed E-state index contributed by atoms with van der Waals surface area (Å²) in [6.45, 7) is 16.3. The van der Waals surface area contributed by atoms with Crippen LogP contribution < -0.4 is 0 Å². The van der Waals surface area contributed by atoms with Gasteiger partial charge >= 0.3 is 5.97 Å². The van der Waals surface area contributed by atoms with E-state index in [1.807, 2.05) is 6.92 Å². The second-order valence-corrected chi connectivity index (χ2v) is 23.6. The largest absolute Gasteiger partial charge is 0.479 e. The molecule has 8 rings (SSSR count). The van der Waals surface area contributed by atoms with Crippen LogP contribution in [0.2, 0.25) is 0 Å². The average molecular weight is 943 g/mol. The van der Waals surface area contributed by atoms with Crippen LogP contribution in [0.3, 0.4) is 0 Å². The molecule has 0 unspecified atom stereocenters. The van der Waals surface area contributed by atoms with Gasteiger partial charge < -0.3 is 84.6 Å². The zero-order valence-corrected chi connectivity index (χ0v) is 39.7. The van der Waals surface area contributed by atoms with Crippen LogP contribution >= 0.6 is 0 Å². The van der Waals surface area contributed by atoms with Crippen LogP contribution in [0.5, 0.6) is 0 Å². The van der Waals surface area contributed by atoms with Crippen molar-refractivity contribution >= 4 is 5.97 Å². The third-order valence-corrected chi connectivity index (χ3v) is 19.5. The molecule has 7 fully saturated rings. The Morgan fingerprint density at radius 2 is 1.30 bits per heavy atom. The van der Waals surface area contributed by atoms with E-state index >= 15 is 0 Å². The number of aliphatic carboxylic acids is 1. The number of aliphatic hydroxyl groups excluding tert-OH is 10. The van der Waals surface area contributed by atoms with Crippen molar-refractivity contribution in [2.45, 2.75) is 218 Å². The fourth-order valence-electron chi connectivity index (χ4n) is 15.1. The van der Waals surface area contributed by atoms with Crippen LogP contribution in [0, 0.1) is 50.2 Å². The minimum atomic E-state index is -2.07. The molecule has 18 nitrogen and oxygen atoms in total. The summed E-state index contributed by atoms with van der Waals surface area (Å²) < 4.78 is 36.2. The lowest BCUT2D eigenvalue weighted by atomic mass is 9.33. The first kappa shape index (κ1) is 50.9. The van der Waals surface area contributed by atoms with Gasteiger partial charge in [-0.05, 0) is 104 Å². The van der Waals surface area contributed by atoms with Crippen molar-refractivity contribution in [1.29, 1.82) is 0 Å². The summed E-state index contributed by atoms with van der Waals surface area (Å²) in [5.41, 5.74) is -0.0545. The Balaban J connectivity index is 1.08. The topological polar surface area (TPSA) is 295 Å². The summed E-state index contributed by atoms with van der Waals surface area (Å²) in [6.07, 6.45) is -17.6. The molecule has 0 aromatic carbocycles. The molecular weight excluding hydrogens is 865 g/mol. The van der Waals surface area contributed by atoms with E-state index in [4.69, 9.17) is 28.4 Å². The summed E-state index contributed by atoms with van der Waals surface area (Å²) in [6, 6.07) is 0. The number of hydrogen-bond donors (Lipinski definition) is 11. The van der Waals surface area contributed by atoms with Gasteiger partial charge in [-0.1, -0.05) is 60.1 Å².